The van der Waals surface area contributed by atoms with Gasteiger partial charge in [0.2, 0.25) is 0 Å². The summed E-state index contributed by atoms with van der Waals surface area (Å²) in [4.78, 5) is 0. The van der Waals surface area contributed by atoms with E-state index in [1.807, 2.05) is 0 Å². The molecule has 16 radical (unpaired) electrons. The van der Waals surface area contributed by atoms with Gasteiger partial charge >= 0.3 is 0 Å². The van der Waals surface area contributed by atoms with Crippen molar-refractivity contribution in [1.29, 1.82) is 0 Å². The zero-order chi connectivity index (χ0) is 0. The first-order chi connectivity index (χ1) is 0. The van der Waals surface area contributed by atoms with Gasteiger partial charge in [-0.25, -0.2) is 0 Å². The summed E-state index contributed by atoms with van der Waals surface area (Å²) in [7, 11) is 0. The molecule has 10 heteroatoms. The molecule has 0 bridgehead atoms. The van der Waals surface area contributed by atoms with Gasteiger partial charge in [0.1, 0.15) is 0 Å². The first-order valence-electron chi connectivity index (χ1n) is 0. The first-order valence-corrected chi connectivity index (χ1v) is 0. The van der Waals surface area contributed by atoms with E-state index in [1.165, 1.54) is 0 Å². The van der Waals surface area contributed by atoms with Crippen LogP contribution >= 0.6 is 0 Å². The van der Waals surface area contributed by atoms with Crippen LogP contribution in [0.3, 0.4) is 0 Å². The Labute approximate surface area is 275 Å². The maximum Gasteiger partial charge on any atom is 0 e. The third-order valence-corrected chi connectivity index (χ3v) is 0. The molecule has 0 aromatic rings. The van der Waals surface area contributed by atoms with Crippen molar-refractivity contribution >= 4 is 284 Å². The monoisotopic (exact) mass is 424 g/mol. The van der Waals surface area contributed by atoms with Gasteiger partial charge in [0, 0.05) is 284 Å². The number of hydrogen-bond acceptors (Lipinski definition) is 0. The van der Waals surface area contributed by atoms with E-state index >= 15 is 0 Å². The van der Waals surface area contributed by atoms with Gasteiger partial charge in [-0.2, -0.15) is 0 Å². The van der Waals surface area contributed by atoms with E-state index in [-0.39, 0.29) is 284 Å². The van der Waals surface area contributed by atoms with Gasteiger partial charge < -0.3 is 0 Å². The smallest absolute Gasteiger partial charge is 0 e. The Balaban J connectivity index is 0. The van der Waals surface area contributed by atoms with Gasteiger partial charge in [-0.1, -0.05) is 0 Å². The van der Waals surface area contributed by atoms with Gasteiger partial charge in [0.05, 0.1) is 0 Å². The maximum atomic E-state index is 0. The zero-order valence-corrected chi connectivity index (χ0v) is 30.7. The molecule has 0 aliphatic heterocycles. The summed E-state index contributed by atoms with van der Waals surface area (Å²) in [6.45, 7) is 0. The van der Waals surface area contributed by atoms with Crippen molar-refractivity contribution in [2.45, 2.75) is 0 Å². The minimum atomic E-state index is 0. The van der Waals surface area contributed by atoms with Crippen molar-refractivity contribution in [3.05, 3.63) is 0 Å². The quantitative estimate of drug-likeness (QED) is 0.352. The second kappa shape index (κ2) is 62.5. The molecule has 0 fully saturated rings. The van der Waals surface area contributed by atoms with Crippen LogP contribution in [0.25, 0.3) is 0 Å². The SMILES string of the molecule is [Na].[Na].[Na].[Na].[Na].[Na].[Na].[Na].[Sn].[Sn]. The molecule has 0 saturated carbocycles. The Kier molecular flexibility index (Phi) is 460. The fraction of sp³-hybridized carbons (Fsp3) is 0. The standard InChI is InChI=1S/8Na.2Sn. The van der Waals surface area contributed by atoms with Crippen LogP contribution in [-0.2, 0) is 0 Å². The summed E-state index contributed by atoms with van der Waals surface area (Å²) in [6, 6.07) is 0. The molecule has 0 nitrogen and oxygen atoms in total. The van der Waals surface area contributed by atoms with Crippen molar-refractivity contribution in [1.82, 2.24) is 0 Å². The minimum absolute atomic E-state index is 0. The van der Waals surface area contributed by atoms with E-state index in [4.69, 9.17) is 0 Å². The van der Waals surface area contributed by atoms with E-state index in [0.717, 1.165) is 0 Å². The van der Waals surface area contributed by atoms with Gasteiger partial charge in [-0.15, -0.1) is 0 Å². The van der Waals surface area contributed by atoms with Gasteiger partial charge in [-0.3, -0.25) is 0 Å². The molecule has 0 aromatic heterocycles. The molecule has 0 heterocycles. The van der Waals surface area contributed by atoms with Crippen LogP contribution in [0.5, 0.6) is 0 Å². The predicted octanol–water partition coefficient (Wildman–Crippen LogP) is -3.81. The van der Waals surface area contributed by atoms with Gasteiger partial charge in [0.15, 0.2) is 0 Å². The zero-order valence-electron chi connectivity index (χ0n) is 9.00. The molecule has 0 aliphatic rings. The summed E-state index contributed by atoms with van der Waals surface area (Å²) >= 11 is 0. The summed E-state index contributed by atoms with van der Waals surface area (Å²) in [5.41, 5.74) is 0. The van der Waals surface area contributed by atoms with E-state index in [9.17, 15) is 0 Å². The number of rotatable bonds is 0. The number of hydrogen-bond donors (Lipinski definition) is 0. The molecule has 0 rings (SSSR count). The second-order valence-electron chi connectivity index (χ2n) is 0. The molecule has 10 heavy (non-hydrogen) atoms. The van der Waals surface area contributed by atoms with Crippen LogP contribution in [0.15, 0.2) is 0 Å². The summed E-state index contributed by atoms with van der Waals surface area (Å²) in [5, 5.41) is 0. The molecule has 0 amide bonds. The van der Waals surface area contributed by atoms with Crippen molar-refractivity contribution in [3.8, 4) is 0 Å². The van der Waals surface area contributed by atoms with Gasteiger partial charge in [-0.05, 0) is 0 Å². The molecule has 0 aliphatic carbocycles. The van der Waals surface area contributed by atoms with E-state index in [0.29, 0.717) is 0 Å². The Morgan fingerprint density at radius 3 is 0.200 bits per heavy atom. The van der Waals surface area contributed by atoms with Crippen LogP contribution in [0.4, 0.5) is 0 Å². The average molecular weight is 421 g/mol. The Hall–Kier alpha value is 9.60. The van der Waals surface area contributed by atoms with Crippen LogP contribution in [0.1, 0.15) is 0 Å². The topological polar surface area (TPSA) is 0 Å². The van der Waals surface area contributed by atoms with Crippen molar-refractivity contribution in [3.63, 3.8) is 0 Å². The van der Waals surface area contributed by atoms with Crippen molar-refractivity contribution < 1.29 is 0 Å². The van der Waals surface area contributed by atoms with E-state index in [2.05, 4.69) is 0 Å². The molecule has 16 valence electrons. The molecule has 0 N–H and O–H groups in total. The predicted molar refractivity (Wildman–Crippen MR) is 57.5 cm³/mol. The third-order valence-electron chi connectivity index (χ3n) is 0. The summed E-state index contributed by atoms with van der Waals surface area (Å²) < 4.78 is 0. The molecule has 0 aromatic carbocycles. The Morgan fingerprint density at radius 1 is 0.200 bits per heavy atom. The van der Waals surface area contributed by atoms with Crippen LogP contribution < -0.4 is 0 Å². The van der Waals surface area contributed by atoms with Crippen LogP contribution in [0.2, 0.25) is 0 Å². The van der Waals surface area contributed by atoms with Crippen molar-refractivity contribution in [2.24, 2.45) is 0 Å². The van der Waals surface area contributed by atoms with E-state index in [1.54, 1.807) is 0 Å². The fourth-order valence-electron chi connectivity index (χ4n) is 0. The fourth-order valence-corrected chi connectivity index (χ4v) is 0. The van der Waals surface area contributed by atoms with Gasteiger partial charge in [0.25, 0.3) is 0 Å². The van der Waals surface area contributed by atoms with Crippen LogP contribution in [0, 0.1) is 0 Å². The average Bonchev–Trinajstić information content (AvgIpc) is 0. The molecule has 0 unspecified atom stereocenters. The second-order valence-corrected chi connectivity index (χ2v) is 0. The molecule has 0 saturated heterocycles. The molecule has 0 atom stereocenters. The van der Waals surface area contributed by atoms with Crippen LogP contribution in [-0.4, -0.2) is 284 Å². The normalized spacial score (nSPS) is 0. The first kappa shape index (κ1) is 73.6. The maximum absolute atomic E-state index is 0. The Bertz CT molecular complexity index is 7.22. The van der Waals surface area contributed by atoms with E-state index < -0.39 is 0 Å². The minimum Gasteiger partial charge on any atom is 0 e. The molecule has 0 spiro atoms. The third kappa shape index (κ3) is 52.6. The Morgan fingerprint density at radius 2 is 0.200 bits per heavy atom. The molecular weight excluding hydrogens is 421 g/mol. The summed E-state index contributed by atoms with van der Waals surface area (Å²) in [6.07, 6.45) is 0. The summed E-state index contributed by atoms with van der Waals surface area (Å²) in [5.74, 6) is 0. The largest absolute Gasteiger partial charge is 0 e. The molecular formula is Na8Sn2. The van der Waals surface area contributed by atoms with Crippen molar-refractivity contribution in [2.75, 3.05) is 0 Å².